The smallest absolute Gasteiger partial charge is 0.228 e. The number of morpholine rings is 1. The minimum absolute atomic E-state index is 0.0186. The Morgan fingerprint density at radius 1 is 1.24 bits per heavy atom. The largest absolute Gasteiger partial charge is 0.394 e. The van der Waals surface area contributed by atoms with Gasteiger partial charge in [0, 0.05) is 12.1 Å². The molecule has 0 bridgehead atoms. The van der Waals surface area contributed by atoms with Gasteiger partial charge in [-0.3, -0.25) is 0 Å². The van der Waals surface area contributed by atoms with Crippen molar-refractivity contribution in [2.45, 2.75) is 19.5 Å². The van der Waals surface area contributed by atoms with Crippen LogP contribution in [0.4, 0.5) is 5.95 Å². The minimum atomic E-state index is 0.0186. The molecule has 1 fully saturated rings. The van der Waals surface area contributed by atoms with Crippen molar-refractivity contribution in [3.63, 3.8) is 0 Å². The first-order chi connectivity index (χ1) is 12.3. The van der Waals surface area contributed by atoms with Crippen LogP contribution in [-0.4, -0.2) is 57.3 Å². The summed E-state index contributed by atoms with van der Waals surface area (Å²) in [7, 11) is 0. The van der Waals surface area contributed by atoms with Gasteiger partial charge < -0.3 is 14.7 Å². The Hall–Kier alpha value is -2.51. The van der Waals surface area contributed by atoms with Crippen molar-refractivity contribution in [3.05, 3.63) is 36.5 Å². The van der Waals surface area contributed by atoms with Gasteiger partial charge in [0.25, 0.3) is 0 Å². The maximum atomic E-state index is 9.31. The van der Waals surface area contributed by atoms with Crippen LogP contribution in [0.5, 0.6) is 0 Å². The van der Waals surface area contributed by atoms with Crippen molar-refractivity contribution in [1.82, 2.24) is 19.7 Å². The average molecular weight is 339 g/mol. The van der Waals surface area contributed by atoms with Gasteiger partial charge in [-0.15, -0.1) is 0 Å². The van der Waals surface area contributed by atoms with Gasteiger partial charge in [0.15, 0.2) is 5.65 Å². The van der Waals surface area contributed by atoms with Crippen LogP contribution in [0.2, 0.25) is 0 Å². The molecule has 0 amide bonds. The van der Waals surface area contributed by atoms with E-state index < -0.39 is 0 Å². The maximum absolute atomic E-state index is 9.31. The van der Waals surface area contributed by atoms with Gasteiger partial charge in [-0.1, -0.05) is 30.3 Å². The zero-order chi connectivity index (χ0) is 17.2. The number of nitrogens with zero attached hydrogens (tertiary/aromatic N) is 5. The summed E-state index contributed by atoms with van der Waals surface area (Å²) in [5.74, 6) is 0.682. The van der Waals surface area contributed by atoms with Crippen LogP contribution in [0, 0.1) is 0 Å². The second kappa shape index (κ2) is 6.78. The Morgan fingerprint density at radius 3 is 2.84 bits per heavy atom. The molecule has 1 aliphatic heterocycles. The van der Waals surface area contributed by atoms with E-state index >= 15 is 0 Å². The summed E-state index contributed by atoms with van der Waals surface area (Å²) in [6.45, 7) is 4.63. The molecule has 1 atom stereocenters. The second-order valence-corrected chi connectivity index (χ2v) is 6.18. The van der Waals surface area contributed by atoms with E-state index in [1.165, 1.54) is 0 Å². The molecule has 1 N–H and O–H groups in total. The predicted octanol–water partition coefficient (Wildman–Crippen LogP) is 1.71. The Kier molecular flexibility index (Phi) is 4.33. The van der Waals surface area contributed by atoms with Crippen molar-refractivity contribution < 1.29 is 9.84 Å². The van der Waals surface area contributed by atoms with Crippen LogP contribution in [0.25, 0.3) is 22.3 Å². The first-order valence-corrected chi connectivity index (χ1v) is 8.52. The Morgan fingerprint density at radius 2 is 2.08 bits per heavy atom. The Balaban J connectivity index is 1.90. The van der Waals surface area contributed by atoms with Crippen molar-refractivity contribution in [1.29, 1.82) is 0 Å². The molecule has 0 spiro atoms. The van der Waals surface area contributed by atoms with Crippen LogP contribution >= 0.6 is 0 Å². The van der Waals surface area contributed by atoms with Gasteiger partial charge in [0.2, 0.25) is 5.95 Å². The quantitative estimate of drug-likeness (QED) is 0.780. The first kappa shape index (κ1) is 16.0. The highest BCUT2D eigenvalue weighted by Crippen LogP contribution is 2.29. The van der Waals surface area contributed by atoms with Gasteiger partial charge in [0.1, 0.15) is 0 Å². The fourth-order valence-corrected chi connectivity index (χ4v) is 3.17. The average Bonchev–Trinajstić information content (AvgIpc) is 3.05. The van der Waals surface area contributed by atoms with E-state index in [0.717, 1.165) is 28.8 Å². The topological polar surface area (TPSA) is 76.3 Å². The SMILES string of the molecule is C[C@@H]1COCCN1c1nc(-c2ccccc2)c2cnn(CCO)c2n1. The molecule has 7 nitrogen and oxygen atoms in total. The summed E-state index contributed by atoms with van der Waals surface area (Å²) < 4.78 is 7.27. The number of benzene rings is 1. The molecule has 2 aromatic heterocycles. The summed E-state index contributed by atoms with van der Waals surface area (Å²) in [5, 5.41) is 14.6. The fourth-order valence-electron chi connectivity index (χ4n) is 3.17. The van der Waals surface area contributed by atoms with Crippen LogP contribution in [-0.2, 0) is 11.3 Å². The number of ether oxygens (including phenoxy) is 1. The lowest BCUT2D eigenvalue weighted by Gasteiger charge is -2.33. The summed E-state index contributed by atoms with van der Waals surface area (Å²) in [4.78, 5) is 11.8. The number of hydrogen-bond acceptors (Lipinski definition) is 6. The van der Waals surface area contributed by atoms with Crippen molar-refractivity contribution in [2.75, 3.05) is 31.3 Å². The monoisotopic (exact) mass is 339 g/mol. The molecule has 1 aromatic carbocycles. The lowest BCUT2D eigenvalue weighted by Crippen LogP contribution is -2.44. The van der Waals surface area contributed by atoms with Crippen LogP contribution < -0.4 is 4.90 Å². The predicted molar refractivity (Wildman–Crippen MR) is 95.5 cm³/mol. The van der Waals surface area contributed by atoms with E-state index in [1.54, 1.807) is 10.9 Å². The van der Waals surface area contributed by atoms with Gasteiger partial charge in [-0.05, 0) is 6.92 Å². The highest BCUT2D eigenvalue weighted by Gasteiger charge is 2.24. The summed E-state index contributed by atoms with van der Waals surface area (Å²) in [6, 6.07) is 10.3. The molecule has 0 saturated carbocycles. The van der Waals surface area contributed by atoms with E-state index in [-0.39, 0.29) is 12.6 Å². The van der Waals surface area contributed by atoms with Gasteiger partial charge in [-0.25, -0.2) is 9.67 Å². The molecule has 130 valence electrons. The van der Waals surface area contributed by atoms with Crippen molar-refractivity contribution in [2.24, 2.45) is 0 Å². The molecule has 0 unspecified atom stereocenters. The molecule has 0 aliphatic carbocycles. The molecule has 3 aromatic rings. The summed E-state index contributed by atoms with van der Waals surface area (Å²) in [5.41, 5.74) is 2.64. The molecule has 3 heterocycles. The molecule has 7 heteroatoms. The summed E-state index contributed by atoms with van der Waals surface area (Å²) >= 11 is 0. The van der Waals surface area contributed by atoms with Gasteiger partial charge >= 0.3 is 0 Å². The number of aromatic nitrogens is 4. The Bertz CT molecular complexity index is 865. The summed E-state index contributed by atoms with van der Waals surface area (Å²) in [6.07, 6.45) is 1.78. The fraction of sp³-hybridized carbons (Fsp3) is 0.389. The molecule has 1 saturated heterocycles. The van der Waals surface area contributed by atoms with E-state index in [2.05, 4.69) is 16.9 Å². The normalized spacial score (nSPS) is 18.0. The lowest BCUT2D eigenvalue weighted by atomic mass is 10.1. The molecule has 1 aliphatic rings. The third-order valence-electron chi connectivity index (χ3n) is 4.47. The second-order valence-electron chi connectivity index (χ2n) is 6.18. The number of fused-ring (bicyclic) bond motifs is 1. The molecule has 4 rings (SSSR count). The maximum Gasteiger partial charge on any atom is 0.228 e. The van der Waals surface area contributed by atoms with E-state index in [1.807, 2.05) is 30.3 Å². The zero-order valence-electron chi connectivity index (χ0n) is 14.2. The minimum Gasteiger partial charge on any atom is -0.394 e. The van der Waals surface area contributed by atoms with Gasteiger partial charge in [-0.2, -0.15) is 10.1 Å². The van der Waals surface area contributed by atoms with Crippen LogP contribution in [0.1, 0.15) is 6.92 Å². The van der Waals surface area contributed by atoms with E-state index in [4.69, 9.17) is 14.7 Å². The third kappa shape index (κ3) is 2.96. The lowest BCUT2D eigenvalue weighted by molar-refractivity contribution is 0.0981. The van der Waals surface area contributed by atoms with E-state index in [0.29, 0.717) is 25.7 Å². The highest BCUT2D eigenvalue weighted by atomic mass is 16.5. The standard InChI is InChI=1S/C18H21N5O2/c1-13-12-25-10-8-22(13)18-20-16(14-5-3-2-4-6-14)15-11-19-23(7-9-24)17(15)21-18/h2-6,11,13,24H,7-10,12H2,1H3/t13-/m1/s1. The zero-order valence-corrected chi connectivity index (χ0v) is 14.2. The molecule has 25 heavy (non-hydrogen) atoms. The van der Waals surface area contributed by atoms with Gasteiger partial charge in [0.05, 0.1) is 49.7 Å². The van der Waals surface area contributed by atoms with Crippen LogP contribution in [0.3, 0.4) is 0 Å². The number of hydrogen-bond donors (Lipinski definition) is 1. The van der Waals surface area contributed by atoms with E-state index in [9.17, 15) is 5.11 Å². The number of aliphatic hydroxyl groups is 1. The molecule has 0 radical (unpaired) electrons. The number of anilines is 1. The molecular formula is C18H21N5O2. The van der Waals surface area contributed by atoms with Crippen molar-refractivity contribution in [3.8, 4) is 11.3 Å². The van der Waals surface area contributed by atoms with Crippen LogP contribution in [0.15, 0.2) is 36.5 Å². The highest BCUT2D eigenvalue weighted by molar-refractivity contribution is 5.91. The molecular weight excluding hydrogens is 318 g/mol. The number of rotatable bonds is 4. The third-order valence-corrected chi connectivity index (χ3v) is 4.47. The number of aliphatic hydroxyl groups excluding tert-OH is 1. The van der Waals surface area contributed by atoms with Crippen molar-refractivity contribution >= 4 is 17.0 Å². The first-order valence-electron chi connectivity index (χ1n) is 8.52. The Labute approximate surface area is 145 Å².